The van der Waals surface area contributed by atoms with E-state index in [1.807, 2.05) is 30.1 Å². The van der Waals surface area contributed by atoms with Gasteiger partial charge in [0.05, 0.1) is 13.2 Å². The Hall–Kier alpha value is -1.95. The van der Waals surface area contributed by atoms with Crippen molar-refractivity contribution >= 4 is 11.7 Å². The Kier molecular flexibility index (Phi) is 5.14. The maximum absolute atomic E-state index is 12.6. The van der Waals surface area contributed by atoms with Crippen LogP contribution in [0.2, 0.25) is 0 Å². The molecule has 2 atom stereocenters. The first-order chi connectivity index (χ1) is 11.5. The van der Waals surface area contributed by atoms with Crippen molar-refractivity contribution in [1.29, 1.82) is 0 Å². The summed E-state index contributed by atoms with van der Waals surface area (Å²) in [6, 6.07) is 5.74. The summed E-state index contributed by atoms with van der Waals surface area (Å²) < 4.78 is 11.3. The maximum atomic E-state index is 12.6. The number of nitrogens with zero attached hydrogens (tertiary/aromatic N) is 2. The number of anilines is 1. The predicted octanol–water partition coefficient (Wildman–Crippen LogP) is 2.65. The van der Waals surface area contributed by atoms with Gasteiger partial charge in [-0.05, 0) is 38.1 Å². The number of piperidine rings is 1. The molecule has 3 rings (SSSR count). The quantitative estimate of drug-likeness (QED) is 0.904. The van der Waals surface area contributed by atoms with Crippen LogP contribution in [0.15, 0.2) is 18.2 Å². The number of carbonyl (C=O) groups is 1. The van der Waals surface area contributed by atoms with Crippen LogP contribution < -0.4 is 14.8 Å². The third-order valence-electron chi connectivity index (χ3n) is 4.88. The first-order valence-electron chi connectivity index (χ1n) is 8.66. The molecular weight excluding hydrogens is 306 g/mol. The molecule has 2 aliphatic heterocycles. The van der Waals surface area contributed by atoms with Crippen LogP contribution in [-0.2, 0) is 0 Å². The van der Waals surface area contributed by atoms with Crippen molar-refractivity contribution in [2.45, 2.75) is 25.8 Å². The SMILES string of the molecule is C[C@H]1CN(C)CC[C@H]1N(C)C(=O)Nc1ccc2c(c1)OCCCO2. The fourth-order valence-electron chi connectivity index (χ4n) is 3.52. The van der Waals surface area contributed by atoms with Crippen LogP contribution in [0.25, 0.3) is 0 Å². The normalized spacial score (nSPS) is 24.1. The highest BCUT2D eigenvalue weighted by atomic mass is 16.5. The van der Waals surface area contributed by atoms with Gasteiger partial charge in [0, 0.05) is 37.8 Å². The van der Waals surface area contributed by atoms with Crippen molar-refractivity contribution in [3.63, 3.8) is 0 Å². The number of benzene rings is 1. The zero-order valence-corrected chi connectivity index (χ0v) is 14.7. The van der Waals surface area contributed by atoms with Crippen molar-refractivity contribution in [2.24, 2.45) is 5.92 Å². The smallest absolute Gasteiger partial charge is 0.321 e. The molecule has 1 aromatic carbocycles. The number of urea groups is 1. The molecule has 0 aliphatic carbocycles. The van der Waals surface area contributed by atoms with Crippen molar-refractivity contribution in [3.05, 3.63) is 18.2 Å². The number of hydrogen-bond acceptors (Lipinski definition) is 4. The lowest BCUT2D eigenvalue weighted by molar-refractivity contribution is 0.113. The predicted molar refractivity (Wildman–Crippen MR) is 93.9 cm³/mol. The number of nitrogens with one attached hydrogen (secondary N) is 1. The Bertz CT molecular complexity index is 593. The van der Waals surface area contributed by atoms with E-state index >= 15 is 0 Å². The van der Waals surface area contributed by atoms with Gasteiger partial charge in [0.15, 0.2) is 11.5 Å². The minimum absolute atomic E-state index is 0.0779. The van der Waals surface area contributed by atoms with Crippen molar-refractivity contribution in [3.8, 4) is 11.5 Å². The van der Waals surface area contributed by atoms with E-state index < -0.39 is 0 Å². The van der Waals surface area contributed by atoms with Crippen molar-refractivity contribution in [2.75, 3.05) is 45.7 Å². The van der Waals surface area contributed by atoms with Crippen LogP contribution in [0.5, 0.6) is 11.5 Å². The van der Waals surface area contributed by atoms with Gasteiger partial charge in [0.25, 0.3) is 0 Å². The number of amides is 2. The van der Waals surface area contributed by atoms with Gasteiger partial charge >= 0.3 is 6.03 Å². The zero-order valence-electron chi connectivity index (χ0n) is 14.7. The summed E-state index contributed by atoms with van der Waals surface area (Å²) in [4.78, 5) is 16.8. The summed E-state index contributed by atoms with van der Waals surface area (Å²) in [5, 5.41) is 2.98. The number of hydrogen-bond donors (Lipinski definition) is 1. The molecule has 2 aliphatic rings. The van der Waals surface area contributed by atoms with E-state index in [-0.39, 0.29) is 12.1 Å². The van der Waals surface area contributed by atoms with Gasteiger partial charge in [-0.25, -0.2) is 4.79 Å². The van der Waals surface area contributed by atoms with Gasteiger partial charge < -0.3 is 24.6 Å². The van der Waals surface area contributed by atoms with Crippen LogP contribution in [0.4, 0.5) is 10.5 Å². The molecule has 2 heterocycles. The van der Waals surface area contributed by atoms with Gasteiger partial charge in [-0.2, -0.15) is 0 Å². The standard InChI is InChI=1S/C18H27N3O3/c1-13-12-20(2)8-7-15(13)21(3)18(22)19-14-5-6-16-17(11-14)24-10-4-9-23-16/h5-6,11,13,15H,4,7-10,12H2,1-3H3,(H,19,22)/t13-,15+/m0/s1. The second kappa shape index (κ2) is 7.30. The minimum atomic E-state index is -0.0779. The van der Waals surface area contributed by atoms with Gasteiger partial charge in [-0.15, -0.1) is 0 Å². The molecule has 1 aromatic rings. The maximum Gasteiger partial charge on any atom is 0.321 e. The second-order valence-corrected chi connectivity index (χ2v) is 6.85. The Morgan fingerprint density at radius 1 is 1.29 bits per heavy atom. The van der Waals surface area contributed by atoms with Crippen LogP contribution in [0.1, 0.15) is 19.8 Å². The number of carbonyl (C=O) groups excluding carboxylic acids is 1. The molecule has 2 amide bonds. The number of fused-ring (bicyclic) bond motifs is 1. The van der Waals surface area contributed by atoms with Gasteiger partial charge in [0.1, 0.15) is 0 Å². The summed E-state index contributed by atoms with van der Waals surface area (Å²) in [5.74, 6) is 1.90. The summed E-state index contributed by atoms with van der Waals surface area (Å²) in [6.45, 7) is 5.55. The molecule has 0 aromatic heterocycles. The van der Waals surface area contributed by atoms with Crippen LogP contribution >= 0.6 is 0 Å². The van der Waals surface area contributed by atoms with E-state index in [0.717, 1.165) is 37.4 Å². The molecular formula is C18H27N3O3. The fourth-order valence-corrected chi connectivity index (χ4v) is 3.52. The monoisotopic (exact) mass is 333 g/mol. The zero-order chi connectivity index (χ0) is 17.1. The Balaban J connectivity index is 1.65. The summed E-state index contributed by atoms with van der Waals surface area (Å²) >= 11 is 0. The fraction of sp³-hybridized carbons (Fsp3) is 0.611. The minimum Gasteiger partial charge on any atom is -0.490 e. The summed E-state index contributed by atoms with van der Waals surface area (Å²) in [7, 11) is 4.01. The highest BCUT2D eigenvalue weighted by Crippen LogP contribution is 2.32. The van der Waals surface area contributed by atoms with E-state index in [0.29, 0.717) is 24.9 Å². The van der Waals surface area contributed by atoms with E-state index in [9.17, 15) is 4.79 Å². The molecule has 6 heteroatoms. The molecule has 1 N–H and O–H groups in total. The lowest BCUT2D eigenvalue weighted by atomic mass is 9.93. The lowest BCUT2D eigenvalue weighted by Gasteiger charge is -2.39. The highest BCUT2D eigenvalue weighted by molar-refractivity contribution is 5.89. The first kappa shape index (κ1) is 16.9. The highest BCUT2D eigenvalue weighted by Gasteiger charge is 2.30. The Labute approximate surface area is 143 Å². The Morgan fingerprint density at radius 2 is 2.04 bits per heavy atom. The molecule has 24 heavy (non-hydrogen) atoms. The largest absolute Gasteiger partial charge is 0.490 e. The Morgan fingerprint density at radius 3 is 2.79 bits per heavy atom. The molecule has 1 fully saturated rings. The van der Waals surface area contributed by atoms with Crippen LogP contribution in [-0.4, -0.2) is 62.3 Å². The first-order valence-corrected chi connectivity index (χ1v) is 8.66. The van der Waals surface area contributed by atoms with E-state index in [1.165, 1.54) is 0 Å². The van der Waals surface area contributed by atoms with E-state index in [2.05, 4.69) is 24.2 Å². The third kappa shape index (κ3) is 3.75. The average molecular weight is 333 g/mol. The van der Waals surface area contributed by atoms with Crippen molar-refractivity contribution in [1.82, 2.24) is 9.80 Å². The molecule has 132 valence electrons. The van der Waals surface area contributed by atoms with E-state index in [1.54, 1.807) is 0 Å². The third-order valence-corrected chi connectivity index (χ3v) is 4.88. The second-order valence-electron chi connectivity index (χ2n) is 6.85. The van der Waals surface area contributed by atoms with Gasteiger partial charge in [0.2, 0.25) is 0 Å². The topological polar surface area (TPSA) is 54.0 Å². The number of ether oxygens (including phenoxy) is 2. The van der Waals surface area contributed by atoms with Gasteiger partial charge in [-0.3, -0.25) is 0 Å². The molecule has 1 saturated heterocycles. The average Bonchev–Trinajstić information content (AvgIpc) is 2.79. The number of likely N-dealkylation sites (tertiary alicyclic amines) is 1. The van der Waals surface area contributed by atoms with Crippen molar-refractivity contribution < 1.29 is 14.3 Å². The van der Waals surface area contributed by atoms with E-state index in [4.69, 9.17) is 9.47 Å². The molecule has 0 spiro atoms. The molecule has 0 bridgehead atoms. The van der Waals surface area contributed by atoms with Crippen LogP contribution in [0, 0.1) is 5.92 Å². The molecule has 6 nitrogen and oxygen atoms in total. The molecule has 0 unspecified atom stereocenters. The number of rotatable bonds is 2. The summed E-state index contributed by atoms with van der Waals surface area (Å²) in [5.41, 5.74) is 0.733. The van der Waals surface area contributed by atoms with Crippen LogP contribution in [0.3, 0.4) is 0 Å². The molecule has 0 saturated carbocycles. The molecule has 0 radical (unpaired) electrons. The van der Waals surface area contributed by atoms with Gasteiger partial charge in [-0.1, -0.05) is 6.92 Å². The lowest BCUT2D eigenvalue weighted by Crippen LogP contribution is -2.50. The summed E-state index contributed by atoms with van der Waals surface area (Å²) in [6.07, 6.45) is 1.87.